The molecule has 2 aromatic heterocycles. The van der Waals surface area contributed by atoms with E-state index in [1.165, 1.54) is 0 Å². The van der Waals surface area contributed by atoms with E-state index in [1.807, 2.05) is 24.3 Å². The van der Waals surface area contributed by atoms with Gasteiger partial charge in [-0.25, -0.2) is 19.5 Å². The van der Waals surface area contributed by atoms with E-state index >= 15 is 0 Å². The first kappa shape index (κ1) is 11.8. The van der Waals surface area contributed by atoms with Crippen molar-refractivity contribution in [2.45, 2.75) is 6.92 Å². The van der Waals surface area contributed by atoms with Gasteiger partial charge in [0.25, 0.3) is 0 Å². The van der Waals surface area contributed by atoms with Crippen molar-refractivity contribution in [3.63, 3.8) is 0 Å². The molecular weight excluding hydrogens is 264 g/mol. The monoisotopic (exact) mass is 274 g/mol. The highest BCUT2D eigenvalue weighted by Crippen LogP contribution is 2.17. The molecule has 2 heterocycles. The Hall–Kier alpha value is -2.28. The van der Waals surface area contributed by atoms with Crippen LogP contribution in [0, 0.1) is 4.64 Å². The lowest BCUT2D eigenvalue weighted by Gasteiger charge is -2.01. The largest absolute Gasteiger partial charge is 0.461 e. The Balaban J connectivity index is 2.36. The molecule has 6 nitrogen and oxygen atoms in total. The zero-order valence-electron chi connectivity index (χ0n) is 10.1. The molecule has 0 unspecified atom stereocenters. The molecule has 0 amide bonds. The minimum atomic E-state index is -0.515. The summed E-state index contributed by atoms with van der Waals surface area (Å²) in [6.07, 6.45) is 0. The van der Waals surface area contributed by atoms with Crippen LogP contribution in [0.25, 0.3) is 16.6 Å². The number of aromatic amines is 1. The van der Waals surface area contributed by atoms with Gasteiger partial charge >= 0.3 is 5.97 Å². The number of hydrogen-bond acceptors (Lipinski definition) is 5. The van der Waals surface area contributed by atoms with Crippen LogP contribution in [-0.2, 0) is 4.74 Å². The number of para-hydroxylation sites is 1. The Morgan fingerprint density at radius 2 is 2.26 bits per heavy atom. The molecule has 0 aliphatic rings. The number of hydrogen-bond donors (Lipinski definition) is 1. The Kier molecular flexibility index (Phi) is 2.75. The number of benzene rings is 1. The quantitative estimate of drug-likeness (QED) is 0.572. The van der Waals surface area contributed by atoms with Crippen LogP contribution in [0.15, 0.2) is 24.3 Å². The molecule has 19 heavy (non-hydrogen) atoms. The molecule has 0 fully saturated rings. The Morgan fingerprint density at radius 3 is 3.05 bits per heavy atom. The van der Waals surface area contributed by atoms with Crippen LogP contribution in [0.2, 0.25) is 0 Å². The second-order valence-electron chi connectivity index (χ2n) is 3.87. The summed E-state index contributed by atoms with van der Waals surface area (Å²) in [5.74, 6) is -0.515. The summed E-state index contributed by atoms with van der Waals surface area (Å²) in [6.45, 7) is 2.02. The highest BCUT2D eigenvalue weighted by Gasteiger charge is 2.18. The van der Waals surface area contributed by atoms with Crippen molar-refractivity contribution in [2.75, 3.05) is 6.61 Å². The van der Waals surface area contributed by atoms with Crippen molar-refractivity contribution in [1.82, 2.24) is 19.8 Å². The summed E-state index contributed by atoms with van der Waals surface area (Å²) in [5.41, 5.74) is 1.33. The molecule has 96 valence electrons. The van der Waals surface area contributed by atoms with Crippen molar-refractivity contribution < 1.29 is 9.53 Å². The van der Waals surface area contributed by atoms with E-state index in [4.69, 9.17) is 17.0 Å². The van der Waals surface area contributed by atoms with Crippen molar-refractivity contribution in [1.29, 1.82) is 0 Å². The number of aromatic nitrogens is 4. The molecule has 0 radical (unpaired) electrons. The molecule has 7 heteroatoms. The van der Waals surface area contributed by atoms with Crippen molar-refractivity contribution in [2.24, 2.45) is 0 Å². The third-order valence-electron chi connectivity index (χ3n) is 2.74. The highest BCUT2D eigenvalue weighted by atomic mass is 32.1. The lowest BCUT2D eigenvalue weighted by atomic mass is 10.2. The first-order valence-electron chi connectivity index (χ1n) is 5.75. The number of ether oxygens (including phenoxy) is 1. The Bertz CT molecular complexity index is 836. The second kappa shape index (κ2) is 4.43. The standard InChI is InChI=1S/C12H10N4O2S/c1-2-18-12(17)9-10-13-11(19)7-5-3-4-6-8(7)16(10)15-14-9/h3-6,15H,2H2,1H3. The van der Waals surface area contributed by atoms with Gasteiger partial charge in [-0.1, -0.05) is 24.4 Å². The van der Waals surface area contributed by atoms with Gasteiger partial charge in [0.15, 0.2) is 5.65 Å². The maximum atomic E-state index is 11.8. The first-order valence-corrected chi connectivity index (χ1v) is 6.16. The molecule has 0 spiro atoms. The summed E-state index contributed by atoms with van der Waals surface area (Å²) < 4.78 is 6.99. The summed E-state index contributed by atoms with van der Waals surface area (Å²) >= 11 is 5.24. The van der Waals surface area contributed by atoms with E-state index in [-0.39, 0.29) is 12.3 Å². The van der Waals surface area contributed by atoms with Gasteiger partial charge in [-0.3, -0.25) is 0 Å². The average Bonchev–Trinajstić information content (AvgIpc) is 2.83. The predicted molar refractivity (Wildman–Crippen MR) is 71.6 cm³/mol. The van der Waals surface area contributed by atoms with Crippen LogP contribution in [0.3, 0.4) is 0 Å². The van der Waals surface area contributed by atoms with E-state index in [1.54, 1.807) is 11.4 Å². The zero-order valence-corrected chi connectivity index (χ0v) is 10.9. The Labute approximate surface area is 113 Å². The SMILES string of the molecule is CCOC(=O)c1n[nH]n2c1nc(=S)c1ccccc12. The fourth-order valence-corrected chi connectivity index (χ4v) is 2.18. The lowest BCUT2D eigenvalue weighted by Crippen LogP contribution is -2.06. The molecule has 3 aromatic rings. The fraction of sp³-hybridized carbons (Fsp3) is 0.167. The smallest absolute Gasteiger partial charge is 0.362 e. The number of nitrogens with zero attached hydrogens (tertiary/aromatic N) is 3. The number of carbonyl (C=O) groups is 1. The number of rotatable bonds is 2. The number of carbonyl (C=O) groups excluding carboxylic acids is 1. The molecule has 1 N–H and O–H groups in total. The van der Waals surface area contributed by atoms with Crippen LogP contribution in [0.4, 0.5) is 0 Å². The Morgan fingerprint density at radius 1 is 1.47 bits per heavy atom. The average molecular weight is 274 g/mol. The summed E-state index contributed by atoms with van der Waals surface area (Å²) in [7, 11) is 0. The van der Waals surface area contributed by atoms with Crippen LogP contribution in [0.5, 0.6) is 0 Å². The fourth-order valence-electron chi connectivity index (χ4n) is 1.92. The second-order valence-corrected chi connectivity index (χ2v) is 4.26. The molecule has 0 atom stereocenters. The molecule has 1 aromatic carbocycles. The van der Waals surface area contributed by atoms with Gasteiger partial charge in [-0.15, -0.1) is 5.10 Å². The van der Waals surface area contributed by atoms with Crippen LogP contribution in [-0.4, -0.2) is 32.4 Å². The van der Waals surface area contributed by atoms with Crippen molar-refractivity contribution in [3.8, 4) is 0 Å². The zero-order chi connectivity index (χ0) is 13.4. The molecule has 0 aliphatic carbocycles. The van der Waals surface area contributed by atoms with E-state index in [0.717, 1.165) is 10.9 Å². The van der Waals surface area contributed by atoms with Crippen LogP contribution >= 0.6 is 12.2 Å². The van der Waals surface area contributed by atoms with Gasteiger partial charge in [0.05, 0.1) is 12.1 Å². The van der Waals surface area contributed by atoms with E-state index in [9.17, 15) is 4.79 Å². The van der Waals surface area contributed by atoms with E-state index < -0.39 is 5.97 Å². The van der Waals surface area contributed by atoms with Crippen molar-refractivity contribution in [3.05, 3.63) is 34.6 Å². The van der Waals surface area contributed by atoms with Gasteiger partial charge in [0, 0.05) is 5.39 Å². The molecule has 3 rings (SSSR count). The molecular formula is C12H10N4O2S. The van der Waals surface area contributed by atoms with Gasteiger partial charge in [0.2, 0.25) is 5.69 Å². The van der Waals surface area contributed by atoms with E-state index in [0.29, 0.717) is 10.3 Å². The molecule has 0 bridgehead atoms. The predicted octanol–water partition coefficient (Wildman–Crippen LogP) is 2.12. The summed E-state index contributed by atoms with van der Waals surface area (Å²) in [4.78, 5) is 16.0. The van der Waals surface area contributed by atoms with Gasteiger partial charge in [-0.05, 0) is 19.1 Å². The first-order chi connectivity index (χ1) is 9.22. The normalized spacial score (nSPS) is 11.0. The number of fused-ring (bicyclic) bond motifs is 3. The lowest BCUT2D eigenvalue weighted by molar-refractivity contribution is 0.0521. The molecule has 0 aliphatic heterocycles. The number of esters is 1. The maximum Gasteiger partial charge on any atom is 0.362 e. The van der Waals surface area contributed by atoms with E-state index in [2.05, 4.69) is 15.3 Å². The van der Waals surface area contributed by atoms with Crippen LogP contribution < -0.4 is 0 Å². The minimum Gasteiger partial charge on any atom is -0.461 e. The topological polar surface area (TPSA) is 72.3 Å². The third-order valence-corrected chi connectivity index (χ3v) is 3.05. The maximum absolute atomic E-state index is 11.8. The third kappa shape index (κ3) is 1.78. The van der Waals surface area contributed by atoms with Crippen molar-refractivity contribution >= 4 is 34.7 Å². The summed E-state index contributed by atoms with van der Waals surface area (Å²) in [5, 5.41) is 7.54. The molecule has 0 saturated heterocycles. The molecule has 0 saturated carbocycles. The van der Waals surface area contributed by atoms with Crippen LogP contribution in [0.1, 0.15) is 17.4 Å². The number of nitrogens with one attached hydrogen (secondary N) is 1. The van der Waals surface area contributed by atoms with Gasteiger partial charge in [-0.2, -0.15) is 0 Å². The highest BCUT2D eigenvalue weighted by molar-refractivity contribution is 7.71. The summed E-state index contributed by atoms with van der Waals surface area (Å²) in [6, 6.07) is 7.53. The van der Waals surface area contributed by atoms with Gasteiger partial charge in [0.1, 0.15) is 4.64 Å². The minimum absolute atomic E-state index is 0.138. The van der Waals surface area contributed by atoms with Gasteiger partial charge < -0.3 is 4.74 Å². The number of H-pyrrole nitrogens is 1.